The number of hydrogen-bond acceptors (Lipinski definition) is 6. The van der Waals surface area contributed by atoms with Crippen molar-refractivity contribution >= 4 is 17.9 Å². The van der Waals surface area contributed by atoms with E-state index in [-0.39, 0.29) is 31.1 Å². The van der Waals surface area contributed by atoms with Gasteiger partial charge in [-0.1, -0.05) is 291 Å². The van der Waals surface area contributed by atoms with Gasteiger partial charge in [-0.25, -0.2) is 0 Å². The average Bonchev–Trinajstić information content (AvgIpc) is 3.43. The average molecular weight is 1070 g/mol. The van der Waals surface area contributed by atoms with Crippen LogP contribution in [0.25, 0.3) is 0 Å². The van der Waals surface area contributed by atoms with Gasteiger partial charge in [0.1, 0.15) is 13.2 Å². The Hall–Kier alpha value is -3.67. The van der Waals surface area contributed by atoms with Gasteiger partial charge in [0.15, 0.2) is 6.10 Å². The molecule has 6 nitrogen and oxygen atoms in total. The van der Waals surface area contributed by atoms with Gasteiger partial charge in [-0.15, -0.1) is 0 Å². The van der Waals surface area contributed by atoms with E-state index in [0.717, 1.165) is 135 Å². The second kappa shape index (κ2) is 64.9. The molecule has 0 aromatic heterocycles. The Kier molecular flexibility index (Phi) is 61.8. The summed E-state index contributed by atoms with van der Waals surface area (Å²) < 4.78 is 16.9. The highest BCUT2D eigenvalue weighted by Crippen LogP contribution is 2.17. The lowest BCUT2D eigenvalue weighted by molar-refractivity contribution is -0.167. The minimum atomic E-state index is -0.795. The van der Waals surface area contributed by atoms with Crippen molar-refractivity contribution in [2.75, 3.05) is 13.2 Å². The summed E-state index contributed by atoms with van der Waals surface area (Å²) in [6.45, 7) is 6.50. The number of hydrogen-bond donors (Lipinski definition) is 0. The quantitative estimate of drug-likeness (QED) is 0.0261. The van der Waals surface area contributed by atoms with Crippen molar-refractivity contribution in [1.82, 2.24) is 0 Å². The molecule has 0 aliphatic rings. The van der Waals surface area contributed by atoms with Gasteiger partial charge in [-0.3, -0.25) is 14.4 Å². The van der Waals surface area contributed by atoms with E-state index < -0.39 is 6.10 Å². The molecule has 0 aromatic rings. The first kappa shape index (κ1) is 73.3. The number of carbonyl (C=O) groups is 3. The number of rotatable bonds is 59. The molecule has 0 aliphatic heterocycles. The second-order valence-corrected chi connectivity index (χ2v) is 21.6. The summed E-state index contributed by atoms with van der Waals surface area (Å²) in [5.41, 5.74) is 0. The third-order valence-corrected chi connectivity index (χ3v) is 14.1. The zero-order valence-corrected chi connectivity index (χ0v) is 50.7. The number of esters is 3. The van der Waals surface area contributed by atoms with E-state index in [0.29, 0.717) is 19.3 Å². The van der Waals surface area contributed by atoms with Crippen LogP contribution in [-0.4, -0.2) is 37.2 Å². The lowest BCUT2D eigenvalue weighted by Gasteiger charge is -2.18. The first-order chi connectivity index (χ1) is 38.0. The molecule has 0 aromatic carbocycles. The predicted octanol–water partition coefficient (Wildman–Crippen LogP) is 22.4. The van der Waals surface area contributed by atoms with Crippen molar-refractivity contribution in [1.29, 1.82) is 0 Å². The molecule has 0 amide bonds. The Labute approximate surface area is 477 Å². The minimum Gasteiger partial charge on any atom is -0.462 e. The van der Waals surface area contributed by atoms with Gasteiger partial charge in [-0.2, -0.15) is 0 Å². The van der Waals surface area contributed by atoms with Gasteiger partial charge in [0, 0.05) is 19.3 Å². The molecule has 0 radical (unpaired) electrons. The Balaban J connectivity index is 4.41. The molecule has 0 fully saturated rings. The van der Waals surface area contributed by atoms with Gasteiger partial charge in [0.05, 0.1) is 0 Å². The normalized spacial score (nSPS) is 12.7. The molecule has 0 saturated heterocycles. The maximum atomic E-state index is 12.9. The number of ether oxygens (including phenoxy) is 3. The van der Waals surface area contributed by atoms with Gasteiger partial charge >= 0.3 is 17.9 Å². The van der Waals surface area contributed by atoms with Crippen molar-refractivity contribution < 1.29 is 28.6 Å². The van der Waals surface area contributed by atoms with E-state index in [9.17, 15) is 14.4 Å². The van der Waals surface area contributed by atoms with E-state index in [4.69, 9.17) is 14.2 Å². The fourth-order valence-electron chi connectivity index (χ4n) is 9.18. The van der Waals surface area contributed by atoms with Crippen molar-refractivity contribution in [2.24, 2.45) is 0 Å². The molecule has 6 heteroatoms. The van der Waals surface area contributed by atoms with Crippen LogP contribution < -0.4 is 0 Å². The molecule has 77 heavy (non-hydrogen) atoms. The minimum absolute atomic E-state index is 0.0912. The smallest absolute Gasteiger partial charge is 0.306 e. The number of carbonyl (C=O) groups excluding carboxylic acids is 3. The molecule has 0 spiro atoms. The summed E-state index contributed by atoms with van der Waals surface area (Å²) >= 11 is 0. The Bertz CT molecular complexity index is 1510. The zero-order valence-electron chi connectivity index (χ0n) is 50.7. The fourth-order valence-corrected chi connectivity index (χ4v) is 9.18. The highest BCUT2D eigenvalue weighted by atomic mass is 16.6. The number of allylic oxidation sites excluding steroid dienone is 16. The van der Waals surface area contributed by atoms with Crippen molar-refractivity contribution in [3.63, 3.8) is 0 Å². The maximum absolute atomic E-state index is 12.9. The molecule has 0 rings (SSSR count). The zero-order chi connectivity index (χ0) is 55.7. The van der Waals surface area contributed by atoms with Crippen molar-refractivity contribution in [2.45, 2.75) is 322 Å². The third kappa shape index (κ3) is 63.0. The topological polar surface area (TPSA) is 78.9 Å². The molecule has 0 heterocycles. The molecule has 0 aliphatic carbocycles. The van der Waals surface area contributed by atoms with Crippen molar-refractivity contribution in [3.05, 3.63) is 97.2 Å². The number of unbranched alkanes of at least 4 members (excludes halogenated alkanes) is 32. The van der Waals surface area contributed by atoms with Crippen LogP contribution in [0, 0.1) is 0 Å². The van der Waals surface area contributed by atoms with E-state index in [1.54, 1.807) is 0 Å². The van der Waals surface area contributed by atoms with E-state index in [2.05, 4.69) is 118 Å². The highest BCUT2D eigenvalue weighted by Gasteiger charge is 2.19. The first-order valence-corrected chi connectivity index (χ1v) is 32.7. The Morgan fingerprint density at radius 2 is 0.506 bits per heavy atom. The van der Waals surface area contributed by atoms with Crippen LogP contribution in [0.2, 0.25) is 0 Å². The van der Waals surface area contributed by atoms with E-state index in [1.807, 2.05) is 0 Å². The summed E-state index contributed by atoms with van der Waals surface area (Å²) in [6.07, 6.45) is 87.0. The second-order valence-electron chi connectivity index (χ2n) is 21.6. The van der Waals surface area contributed by atoms with Crippen LogP contribution in [-0.2, 0) is 28.6 Å². The van der Waals surface area contributed by atoms with Gasteiger partial charge in [0.2, 0.25) is 0 Å². The molecule has 0 N–H and O–H groups in total. The SMILES string of the molecule is CC/C=C\C/C=C\C/C=C\C/C=C\C/C=C\C/C=C\CCCCCCC(=O)OCC(COC(=O)CCCCCCC/C=C\C/C=C\CCCCC)OC(=O)CCCCCCCCCCCCCCCCCCCCCCC. The maximum Gasteiger partial charge on any atom is 0.306 e. The molecular formula is C71H122O6. The predicted molar refractivity (Wildman–Crippen MR) is 334 cm³/mol. The van der Waals surface area contributed by atoms with Crippen LogP contribution in [0.15, 0.2) is 97.2 Å². The molecule has 442 valence electrons. The van der Waals surface area contributed by atoms with Crippen LogP contribution >= 0.6 is 0 Å². The monoisotopic (exact) mass is 1070 g/mol. The fraction of sp³-hybridized carbons (Fsp3) is 0.732. The van der Waals surface area contributed by atoms with Gasteiger partial charge in [-0.05, 0) is 103 Å². The first-order valence-electron chi connectivity index (χ1n) is 32.7. The van der Waals surface area contributed by atoms with E-state index >= 15 is 0 Å². The lowest BCUT2D eigenvalue weighted by Crippen LogP contribution is -2.30. The Morgan fingerprint density at radius 3 is 0.818 bits per heavy atom. The summed E-state index contributed by atoms with van der Waals surface area (Å²) in [6, 6.07) is 0. The van der Waals surface area contributed by atoms with Crippen LogP contribution in [0.3, 0.4) is 0 Å². The van der Waals surface area contributed by atoms with Gasteiger partial charge < -0.3 is 14.2 Å². The van der Waals surface area contributed by atoms with Crippen LogP contribution in [0.4, 0.5) is 0 Å². The molecule has 1 unspecified atom stereocenters. The van der Waals surface area contributed by atoms with Crippen molar-refractivity contribution in [3.8, 4) is 0 Å². The largest absolute Gasteiger partial charge is 0.462 e. The standard InChI is InChI=1S/C71H122O6/c1-4-7-10-13-16-19-22-25-28-30-32-34-35-37-38-40-43-46-49-52-55-58-61-64-70(73)76-67-68(66-75-69(72)63-60-57-54-51-48-45-42-27-24-21-18-15-12-9-6-3)77-71(74)65-62-59-56-53-50-47-44-41-39-36-33-31-29-26-23-20-17-14-11-8-5-2/h7,10,16,18-19,21,25,27-28,32,34,37-38,42-43,46,68H,4-6,8-9,11-15,17,20,22-24,26,29-31,33,35-36,39-41,44-45,47-67H2,1-3H3/b10-7-,19-16-,21-18-,28-25-,34-32-,38-37-,42-27-,46-43-. The molecule has 1 atom stereocenters. The summed E-state index contributed by atoms with van der Waals surface area (Å²) in [7, 11) is 0. The summed E-state index contributed by atoms with van der Waals surface area (Å²) in [5, 5.41) is 0. The Morgan fingerprint density at radius 1 is 0.273 bits per heavy atom. The highest BCUT2D eigenvalue weighted by molar-refractivity contribution is 5.71. The third-order valence-electron chi connectivity index (χ3n) is 14.1. The molecule has 0 saturated carbocycles. The van der Waals surface area contributed by atoms with Gasteiger partial charge in [0.25, 0.3) is 0 Å². The summed E-state index contributed by atoms with van der Waals surface area (Å²) in [5.74, 6) is -0.916. The summed E-state index contributed by atoms with van der Waals surface area (Å²) in [4.78, 5) is 38.4. The van der Waals surface area contributed by atoms with Crippen LogP contribution in [0.5, 0.6) is 0 Å². The molecular weight excluding hydrogens is 949 g/mol. The lowest BCUT2D eigenvalue weighted by atomic mass is 10.0. The molecule has 0 bridgehead atoms. The van der Waals surface area contributed by atoms with E-state index in [1.165, 1.54) is 141 Å². The van der Waals surface area contributed by atoms with Crippen LogP contribution in [0.1, 0.15) is 316 Å².